The van der Waals surface area contributed by atoms with Crippen LogP contribution in [-0.2, 0) is 11.2 Å². The number of benzene rings is 1. The number of nitrogens with one attached hydrogen (secondary N) is 1. The molecule has 0 aromatic heterocycles. The third kappa shape index (κ3) is 2.00. The fourth-order valence-electron chi connectivity index (χ4n) is 2.76. The second-order valence-electron chi connectivity index (χ2n) is 4.93. The second-order valence-corrected chi connectivity index (χ2v) is 4.93. The molecule has 0 saturated carbocycles. The van der Waals surface area contributed by atoms with Crippen LogP contribution in [0.1, 0.15) is 29.9 Å². The van der Waals surface area contributed by atoms with Crippen molar-refractivity contribution >= 4 is 0 Å². The topological polar surface area (TPSA) is 21.3 Å². The Morgan fingerprint density at radius 2 is 2.19 bits per heavy atom. The van der Waals surface area contributed by atoms with Gasteiger partial charge in [-0.05, 0) is 36.9 Å². The highest BCUT2D eigenvalue weighted by molar-refractivity contribution is 5.39. The van der Waals surface area contributed by atoms with Crippen molar-refractivity contribution in [1.82, 2.24) is 5.32 Å². The summed E-state index contributed by atoms with van der Waals surface area (Å²) in [6.07, 6.45) is 3.79. The van der Waals surface area contributed by atoms with Crippen LogP contribution in [0.2, 0.25) is 0 Å². The minimum absolute atomic E-state index is 0.607. The van der Waals surface area contributed by atoms with Gasteiger partial charge in [-0.15, -0.1) is 0 Å². The summed E-state index contributed by atoms with van der Waals surface area (Å²) < 4.78 is 5.82. The summed E-state index contributed by atoms with van der Waals surface area (Å²) in [6.45, 7) is 2.95. The first-order chi connectivity index (χ1) is 7.93. The van der Waals surface area contributed by atoms with E-state index in [1.807, 2.05) is 0 Å². The standard InChI is InChI=1S/C14H19NO/c1-2-6-14-11(4-1)8-12(14)9-16-10-13-5-3-7-15-13/h1-2,4,6,12-13,15H,3,5,7-10H2. The lowest BCUT2D eigenvalue weighted by molar-refractivity contribution is 0.0985. The minimum atomic E-state index is 0.607. The minimum Gasteiger partial charge on any atom is -0.379 e. The Kier molecular flexibility index (Phi) is 2.94. The first-order valence-corrected chi connectivity index (χ1v) is 6.32. The van der Waals surface area contributed by atoms with E-state index in [0.29, 0.717) is 12.0 Å². The molecule has 1 N–H and O–H groups in total. The molecular formula is C14H19NO. The third-order valence-corrected chi connectivity index (χ3v) is 3.76. The summed E-state index contributed by atoms with van der Waals surface area (Å²) in [5, 5.41) is 3.46. The van der Waals surface area contributed by atoms with E-state index in [4.69, 9.17) is 4.74 Å². The zero-order valence-corrected chi connectivity index (χ0v) is 9.61. The largest absolute Gasteiger partial charge is 0.379 e. The Morgan fingerprint density at radius 3 is 3.00 bits per heavy atom. The van der Waals surface area contributed by atoms with E-state index < -0.39 is 0 Å². The average Bonchev–Trinajstić information content (AvgIpc) is 2.77. The summed E-state index contributed by atoms with van der Waals surface area (Å²) in [5.74, 6) is 0.651. The van der Waals surface area contributed by atoms with E-state index >= 15 is 0 Å². The van der Waals surface area contributed by atoms with Crippen molar-refractivity contribution in [3.05, 3.63) is 35.4 Å². The smallest absolute Gasteiger partial charge is 0.0619 e. The monoisotopic (exact) mass is 217 g/mol. The third-order valence-electron chi connectivity index (χ3n) is 3.76. The molecule has 1 aliphatic heterocycles. The van der Waals surface area contributed by atoms with Gasteiger partial charge in [0.1, 0.15) is 0 Å². The van der Waals surface area contributed by atoms with Gasteiger partial charge in [0.15, 0.2) is 0 Å². The molecule has 0 spiro atoms. The van der Waals surface area contributed by atoms with Gasteiger partial charge in [0.05, 0.1) is 13.2 Å². The molecule has 0 amide bonds. The molecule has 1 aromatic rings. The first-order valence-electron chi connectivity index (χ1n) is 6.32. The number of fused-ring (bicyclic) bond motifs is 1. The Morgan fingerprint density at radius 1 is 1.25 bits per heavy atom. The highest BCUT2D eigenvalue weighted by Gasteiger charge is 2.25. The van der Waals surface area contributed by atoms with Crippen molar-refractivity contribution in [2.24, 2.45) is 0 Å². The van der Waals surface area contributed by atoms with E-state index in [0.717, 1.165) is 13.2 Å². The maximum Gasteiger partial charge on any atom is 0.0619 e. The maximum absolute atomic E-state index is 5.82. The normalized spacial score (nSPS) is 27.5. The Bertz CT molecular complexity index is 358. The summed E-state index contributed by atoms with van der Waals surface area (Å²) >= 11 is 0. The molecule has 2 nitrogen and oxygen atoms in total. The SMILES string of the molecule is c1ccc2c(c1)CC2COCC1CCCN1. The van der Waals surface area contributed by atoms with E-state index in [1.54, 1.807) is 0 Å². The van der Waals surface area contributed by atoms with Gasteiger partial charge in [0.2, 0.25) is 0 Å². The summed E-state index contributed by atoms with van der Waals surface area (Å²) in [4.78, 5) is 0. The molecule has 0 radical (unpaired) electrons. The van der Waals surface area contributed by atoms with Crippen LogP contribution in [-0.4, -0.2) is 25.8 Å². The fourth-order valence-corrected chi connectivity index (χ4v) is 2.76. The van der Waals surface area contributed by atoms with Crippen LogP contribution in [0.4, 0.5) is 0 Å². The van der Waals surface area contributed by atoms with Crippen molar-refractivity contribution in [2.45, 2.75) is 31.2 Å². The van der Waals surface area contributed by atoms with Crippen LogP contribution in [0.25, 0.3) is 0 Å². The van der Waals surface area contributed by atoms with Crippen molar-refractivity contribution in [3.63, 3.8) is 0 Å². The van der Waals surface area contributed by atoms with E-state index in [9.17, 15) is 0 Å². The molecule has 3 rings (SSSR count). The molecule has 2 atom stereocenters. The summed E-state index contributed by atoms with van der Waals surface area (Å²) in [6, 6.07) is 9.32. The van der Waals surface area contributed by atoms with Crippen LogP contribution < -0.4 is 5.32 Å². The van der Waals surface area contributed by atoms with Crippen LogP contribution >= 0.6 is 0 Å². The average molecular weight is 217 g/mol. The predicted molar refractivity (Wildman–Crippen MR) is 64.7 cm³/mol. The highest BCUT2D eigenvalue weighted by Crippen LogP contribution is 2.34. The fraction of sp³-hybridized carbons (Fsp3) is 0.571. The van der Waals surface area contributed by atoms with Crippen molar-refractivity contribution in [2.75, 3.05) is 19.8 Å². The quantitative estimate of drug-likeness (QED) is 0.834. The maximum atomic E-state index is 5.82. The molecule has 1 heterocycles. The lowest BCUT2D eigenvalue weighted by atomic mass is 9.78. The van der Waals surface area contributed by atoms with Gasteiger partial charge in [0, 0.05) is 12.0 Å². The number of rotatable bonds is 4. The van der Waals surface area contributed by atoms with E-state index in [2.05, 4.69) is 29.6 Å². The zero-order valence-electron chi connectivity index (χ0n) is 9.61. The highest BCUT2D eigenvalue weighted by atomic mass is 16.5. The Labute approximate surface area is 97.0 Å². The summed E-state index contributed by atoms with van der Waals surface area (Å²) in [7, 11) is 0. The Balaban J connectivity index is 1.44. The number of hydrogen-bond acceptors (Lipinski definition) is 2. The molecule has 2 unspecified atom stereocenters. The molecule has 16 heavy (non-hydrogen) atoms. The first kappa shape index (κ1) is 10.3. The Hall–Kier alpha value is -0.860. The molecule has 1 saturated heterocycles. The van der Waals surface area contributed by atoms with Crippen LogP contribution in [0.15, 0.2) is 24.3 Å². The van der Waals surface area contributed by atoms with Gasteiger partial charge in [-0.25, -0.2) is 0 Å². The molecular weight excluding hydrogens is 198 g/mol. The zero-order chi connectivity index (χ0) is 10.8. The van der Waals surface area contributed by atoms with Gasteiger partial charge in [-0.1, -0.05) is 24.3 Å². The van der Waals surface area contributed by atoms with Gasteiger partial charge in [-0.2, -0.15) is 0 Å². The number of ether oxygens (including phenoxy) is 1. The second kappa shape index (κ2) is 4.56. The molecule has 1 aliphatic carbocycles. The van der Waals surface area contributed by atoms with Gasteiger partial charge < -0.3 is 10.1 Å². The molecule has 2 heteroatoms. The van der Waals surface area contributed by atoms with Crippen LogP contribution in [0.5, 0.6) is 0 Å². The predicted octanol–water partition coefficient (Wildman–Crippen LogP) is 2.09. The molecule has 0 bridgehead atoms. The van der Waals surface area contributed by atoms with Crippen molar-refractivity contribution < 1.29 is 4.74 Å². The van der Waals surface area contributed by atoms with E-state index in [-0.39, 0.29) is 0 Å². The molecule has 1 fully saturated rings. The van der Waals surface area contributed by atoms with Crippen molar-refractivity contribution in [1.29, 1.82) is 0 Å². The lowest BCUT2D eigenvalue weighted by Gasteiger charge is -2.30. The molecule has 2 aliphatic rings. The van der Waals surface area contributed by atoms with Crippen LogP contribution in [0, 0.1) is 0 Å². The van der Waals surface area contributed by atoms with Gasteiger partial charge in [-0.3, -0.25) is 0 Å². The lowest BCUT2D eigenvalue weighted by Crippen LogP contribution is -2.29. The number of hydrogen-bond donors (Lipinski definition) is 1. The van der Waals surface area contributed by atoms with Gasteiger partial charge in [0.25, 0.3) is 0 Å². The van der Waals surface area contributed by atoms with Gasteiger partial charge >= 0.3 is 0 Å². The summed E-state index contributed by atoms with van der Waals surface area (Å²) in [5.41, 5.74) is 3.01. The molecule has 86 valence electrons. The molecule has 1 aromatic carbocycles. The van der Waals surface area contributed by atoms with E-state index in [1.165, 1.54) is 36.9 Å². The van der Waals surface area contributed by atoms with Crippen molar-refractivity contribution in [3.8, 4) is 0 Å². The van der Waals surface area contributed by atoms with Crippen LogP contribution in [0.3, 0.4) is 0 Å².